The quantitative estimate of drug-likeness (QED) is 0.323. The molecule has 0 radical (unpaired) electrons. The number of halogens is 2. The van der Waals surface area contributed by atoms with E-state index in [0.717, 1.165) is 17.9 Å². The fraction of sp³-hybridized carbons (Fsp3) is 0.200. The average Bonchev–Trinajstić information content (AvgIpc) is 3.11. The number of guanidine groups is 1. The zero-order valence-corrected chi connectivity index (χ0v) is 17.4. The summed E-state index contributed by atoms with van der Waals surface area (Å²) in [6.45, 7) is 1.90. The van der Waals surface area contributed by atoms with Gasteiger partial charge < -0.3 is 15.2 Å². The van der Waals surface area contributed by atoms with Crippen LogP contribution in [-0.2, 0) is 19.6 Å². The lowest BCUT2D eigenvalue weighted by molar-refractivity contribution is 0.626. The van der Waals surface area contributed by atoms with Gasteiger partial charge in [0.15, 0.2) is 5.96 Å². The largest absolute Gasteiger partial charge is 0.352 e. The van der Waals surface area contributed by atoms with Crippen molar-refractivity contribution in [1.29, 1.82) is 0 Å². The first-order valence-electron chi connectivity index (χ1n) is 8.47. The van der Waals surface area contributed by atoms with E-state index >= 15 is 0 Å². The van der Waals surface area contributed by atoms with Crippen molar-refractivity contribution in [3.63, 3.8) is 0 Å². The molecule has 0 spiro atoms. The Morgan fingerprint density at radius 1 is 1.00 bits per heavy atom. The minimum atomic E-state index is -0.235. The smallest absolute Gasteiger partial charge is 0.191 e. The van der Waals surface area contributed by atoms with Crippen LogP contribution < -0.4 is 10.6 Å². The van der Waals surface area contributed by atoms with Crippen LogP contribution in [0.25, 0.3) is 0 Å². The predicted octanol–water partition coefficient (Wildman–Crippen LogP) is 3.55. The summed E-state index contributed by atoms with van der Waals surface area (Å²) in [5.41, 5.74) is 2.21. The van der Waals surface area contributed by atoms with Crippen molar-refractivity contribution in [3.05, 3.63) is 89.8 Å². The monoisotopic (exact) mass is 479 g/mol. The minimum absolute atomic E-state index is 0. The fourth-order valence-corrected chi connectivity index (χ4v) is 2.60. The number of benzene rings is 2. The molecule has 0 fully saturated rings. The third kappa shape index (κ3) is 6.35. The molecular formula is C20H23FIN5. The molecule has 0 atom stereocenters. The summed E-state index contributed by atoms with van der Waals surface area (Å²) >= 11 is 0. The van der Waals surface area contributed by atoms with E-state index in [9.17, 15) is 4.39 Å². The molecule has 7 heteroatoms. The van der Waals surface area contributed by atoms with Crippen LogP contribution in [0.1, 0.15) is 17.0 Å². The van der Waals surface area contributed by atoms with Crippen molar-refractivity contribution in [1.82, 2.24) is 20.2 Å². The van der Waals surface area contributed by atoms with Crippen LogP contribution in [0.15, 0.2) is 72.0 Å². The van der Waals surface area contributed by atoms with E-state index in [0.29, 0.717) is 19.0 Å². The van der Waals surface area contributed by atoms with Gasteiger partial charge in [-0.05, 0) is 23.3 Å². The standard InChI is InChI=1S/C20H22FN5.HI/c1-22-20(24-13-16-7-9-18(21)10-8-16)25-14-19-23-11-12-26(19)15-17-5-3-2-4-6-17;/h2-12H,13-15H2,1H3,(H2,22,24,25);1H. The first-order chi connectivity index (χ1) is 12.7. The van der Waals surface area contributed by atoms with E-state index in [1.54, 1.807) is 25.4 Å². The van der Waals surface area contributed by atoms with Crippen molar-refractivity contribution in [2.75, 3.05) is 7.05 Å². The highest BCUT2D eigenvalue weighted by atomic mass is 127. The van der Waals surface area contributed by atoms with Gasteiger partial charge in [-0.3, -0.25) is 4.99 Å². The molecule has 1 heterocycles. The highest BCUT2D eigenvalue weighted by Gasteiger charge is 2.05. The van der Waals surface area contributed by atoms with Gasteiger partial charge in [0.2, 0.25) is 0 Å². The van der Waals surface area contributed by atoms with Crippen LogP contribution in [0.2, 0.25) is 0 Å². The third-order valence-electron chi connectivity index (χ3n) is 4.01. The van der Waals surface area contributed by atoms with E-state index in [1.165, 1.54) is 17.7 Å². The molecule has 2 N–H and O–H groups in total. The van der Waals surface area contributed by atoms with Gasteiger partial charge in [0.05, 0.1) is 6.54 Å². The summed E-state index contributed by atoms with van der Waals surface area (Å²) in [7, 11) is 1.72. The zero-order chi connectivity index (χ0) is 18.2. The molecule has 0 amide bonds. The van der Waals surface area contributed by atoms with E-state index < -0.39 is 0 Å². The summed E-state index contributed by atoms with van der Waals surface area (Å²) in [6, 6.07) is 16.7. The molecular weight excluding hydrogens is 456 g/mol. The normalized spacial score (nSPS) is 11.0. The number of nitrogens with one attached hydrogen (secondary N) is 2. The van der Waals surface area contributed by atoms with Crippen LogP contribution >= 0.6 is 24.0 Å². The van der Waals surface area contributed by atoms with Gasteiger partial charge in [-0.25, -0.2) is 9.37 Å². The Morgan fingerprint density at radius 3 is 2.41 bits per heavy atom. The maximum absolute atomic E-state index is 13.0. The second-order valence-corrected chi connectivity index (χ2v) is 5.86. The lowest BCUT2D eigenvalue weighted by Gasteiger charge is -2.13. The van der Waals surface area contributed by atoms with Crippen molar-refractivity contribution in [2.45, 2.75) is 19.6 Å². The number of nitrogens with zero attached hydrogens (tertiary/aromatic N) is 3. The van der Waals surface area contributed by atoms with Crippen molar-refractivity contribution in [3.8, 4) is 0 Å². The van der Waals surface area contributed by atoms with Gasteiger partial charge in [0, 0.05) is 32.5 Å². The van der Waals surface area contributed by atoms with Gasteiger partial charge in [-0.15, -0.1) is 24.0 Å². The fourth-order valence-electron chi connectivity index (χ4n) is 2.60. The molecule has 1 aromatic heterocycles. The summed E-state index contributed by atoms with van der Waals surface area (Å²) in [6.07, 6.45) is 3.77. The summed E-state index contributed by atoms with van der Waals surface area (Å²) in [4.78, 5) is 8.64. The third-order valence-corrected chi connectivity index (χ3v) is 4.01. The molecule has 142 valence electrons. The molecule has 0 aliphatic carbocycles. The summed E-state index contributed by atoms with van der Waals surface area (Å²) in [5, 5.41) is 6.48. The van der Waals surface area contributed by atoms with Crippen LogP contribution in [-0.4, -0.2) is 22.6 Å². The van der Waals surface area contributed by atoms with Crippen molar-refractivity contribution >= 4 is 29.9 Å². The molecule has 0 bridgehead atoms. The van der Waals surface area contributed by atoms with Crippen LogP contribution in [0.4, 0.5) is 4.39 Å². The number of rotatable bonds is 6. The van der Waals surface area contributed by atoms with E-state index in [4.69, 9.17) is 0 Å². The molecule has 3 rings (SSSR count). The molecule has 2 aromatic carbocycles. The molecule has 3 aromatic rings. The Labute approximate surface area is 175 Å². The second kappa shape index (κ2) is 10.7. The van der Waals surface area contributed by atoms with E-state index in [2.05, 4.69) is 37.3 Å². The molecule has 5 nitrogen and oxygen atoms in total. The van der Waals surface area contributed by atoms with Gasteiger partial charge in [0.1, 0.15) is 11.6 Å². The second-order valence-electron chi connectivity index (χ2n) is 5.86. The van der Waals surface area contributed by atoms with E-state index in [-0.39, 0.29) is 29.8 Å². The molecule has 0 unspecified atom stereocenters. The Morgan fingerprint density at radius 2 is 1.70 bits per heavy atom. The minimum Gasteiger partial charge on any atom is -0.352 e. The molecule has 0 aliphatic rings. The molecule has 0 saturated heterocycles. The van der Waals surface area contributed by atoms with Crippen LogP contribution in [0.3, 0.4) is 0 Å². The molecule has 0 saturated carbocycles. The lowest BCUT2D eigenvalue weighted by atomic mass is 10.2. The van der Waals surface area contributed by atoms with Gasteiger partial charge in [-0.2, -0.15) is 0 Å². The first kappa shape index (κ1) is 20.9. The number of hydrogen-bond acceptors (Lipinski definition) is 2. The average molecular weight is 479 g/mol. The zero-order valence-electron chi connectivity index (χ0n) is 15.1. The molecule has 0 aliphatic heterocycles. The van der Waals surface area contributed by atoms with Gasteiger partial charge in [0.25, 0.3) is 0 Å². The van der Waals surface area contributed by atoms with E-state index in [1.807, 2.05) is 24.4 Å². The molecule has 27 heavy (non-hydrogen) atoms. The SMILES string of the molecule is CN=C(NCc1ccc(F)cc1)NCc1nccn1Cc1ccccc1.I. The Kier molecular flexibility index (Phi) is 8.25. The highest BCUT2D eigenvalue weighted by molar-refractivity contribution is 14.0. The van der Waals surface area contributed by atoms with Gasteiger partial charge in [-0.1, -0.05) is 42.5 Å². The predicted molar refractivity (Wildman–Crippen MR) is 117 cm³/mol. The lowest BCUT2D eigenvalue weighted by Crippen LogP contribution is -2.37. The number of imidazole rings is 1. The number of aliphatic imine (C=N–C) groups is 1. The number of hydrogen-bond donors (Lipinski definition) is 2. The number of aromatic nitrogens is 2. The Balaban J connectivity index is 0.00000261. The summed E-state index contributed by atoms with van der Waals surface area (Å²) < 4.78 is 15.1. The topological polar surface area (TPSA) is 54.2 Å². The highest BCUT2D eigenvalue weighted by Crippen LogP contribution is 2.06. The summed E-state index contributed by atoms with van der Waals surface area (Å²) in [5.74, 6) is 1.36. The first-order valence-corrected chi connectivity index (χ1v) is 8.47. The van der Waals surface area contributed by atoms with Crippen molar-refractivity contribution in [2.24, 2.45) is 4.99 Å². The van der Waals surface area contributed by atoms with Crippen LogP contribution in [0.5, 0.6) is 0 Å². The Hall–Kier alpha value is -2.42. The maximum atomic E-state index is 13.0. The van der Waals surface area contributed by atoms with Gasteiger partial charge >= 0.3 is 0 Å². The maximum Gasteiger partial charge on any atom is 0.191 e. The van der Waals surface area contributed by atoms with Crippen LogP contribution in [0, 0.1) is 5.82 Å². The Bertz CT molecular complexity index is 846. The van der Waals surface area contributed by atoms with Crippen molar-refractivity contribution < 1.29 is 4.39 Å².